The van der Waals surface area contributed by atoms with Gasteiger partial charge >= 0.3 is 0 Å². The van der Waals surface area contributed by atoms with Crippen LogP contribution in [0.25, 0.3) is 0 Å². The van der Waals surface area contributed by atoms with Gasteiger partial charge < -0.3 is 16.2 Å². The monoisotopic (exact) mass is 226 g/mol. The fourth-order valence-corrected chi connectivity index (χ4v) is 1.28. The summed E-state index contributed by atoms with van der Waals surface area (Å²) in [5.41, 5.74) is 5.72. The Balaban J connectivity index is 2.76. The molecule has 0 heterocycles. The van der Waals surface area contributed by atoms with Crippen LogP contribution in [0.2, 0.25) is 0 Å². The average Bonchev–Trinajstić information content (AvgIpc) is 2.21. The molecule has 0 bridgehead atoms. The molecule has 0 aliphatic heterocycles. The van der Waals surface area contributed by atoms with E-state index in [9.17, 15) is 9.18 Å². The molecular weight excluding hydrogens is 211 g/mol. The van der Waals surface area contributed by atoms with Gasteiger partial charge in [-0.05, 0) is 31.5 Å². The van der Waals surface area contributed by atoms with Gasteiger partial charge in [0.25, 0.3) is 5.91 Å². The van der Waals surface area contributed by atoms with E-state index < -0.39 is 11.7 Å². The molecule has 4 N–H and O–H groups in total. The van der Waals surface area contributed by atoms with Crippen molar-refractivity contribution in [3.05, 3.63) is 29.6 Å². The molecule has 1 aromatic rings. The Morgan fingerprint density at radius 2 is 2.31 bits per heavy atom. The maximum Gasteiger partial charge on any atom is 0.254 e. The molecular formula is C11H15FN2O2. The van der Waals surface area contributed by atoms with Crippen LogP contribution in [0.3, 0.4) is 0 Å². The van der Waals surface area contributed by atoms with Crippen LogP contribution in [0.15, 0.2) is 18.2 Å². The van der Waals surface area contributed by atoms with Crippen molar-refractivity contribution in [2.24, 2.45) is 0 Å². The van der Waals surface area contributed by atoms with Gasteiger partial charge in [0, 0.05) is 18.3 Å². The second-order valence-electron chi connectivity index (χ2n) is 3.63. The van der Waals surface area contributed by atoms with E-state index in [-0.39, 0.29) is 18.2 Å². The maximum absolute atomic E-state index is 13.3. The van der Waals surface area contributed by atoms with Crippen molar-refractivity contribution in [3.8, 4) is 0 Å². The van der Waals surface area contributed by atoms with E-state index in [1.165, 1.54) is 12.1 Å². The normalized spacial score (nSPS) is 12.2. The van der Waals surface area contributed by atoms with Crippen LogP contribution in [0.4, 0.5) is 10.1 Å². The molecule has 1 unspecified atom stereocenters. The summed E-state index contributed by atoms with van der Waals surface area (Å²) in [6.07, 6.45) is 0.426. The Hall–Kier alpha value is -1.62. The van der Waals surface area contributed by atoms with Crippen LogP contribution in [-0.4, -0.2) is 23.7 Å². The van der Waals surface area contributed by atoms with Crippen molar-refractivity contribution in [1.82, 2.24) is 5.32 Å². The zero-order valence-electron chi connectivity index (χ0n) is 9.03. The Morgan fingerprint density at radius 1 is 1.62 bits per heavy atom. The molecule has 0 aliphatic carbocycles. The van der Waals surface area contributed by atoms with E-state index in [0.29, 0.717) is 12.1 Å². The minimum absolute atomic E-state index is 0.0269. The van der Waals surface area contributed by atoms with Crippen LogP contribution in [0.1, 0.15) is 23.7 Å². The number of carbonyl (C=O) groups is 1. The van der Waals surface area contributed by atoms with Crippen LogP contribution >= 0.6 is 0 Å². The highest BCUT2D eigenvalue weighted by molar-refractivity contribution is 5.95. The second-order valence-corrected chi connectivity index (χ2v) is 3.63. The molecule has 0 aromatic heterocycles. The predicted molar refractivity (Wildman–Crippen MR) is 59.4 cm³/mol. The molecule has 0 radical (unpaired) electrons. The fourth-order valence-electron chi connectivity index (χ4n) is 1.28. The number of nitrogens with two attached hydrogens (primary N) is 1. The molecule has 0 saturated heterocycles. The first kappa shape index (κ1) is 12.4. The number of amides is 1. The number of nitrogen functional groups attached to an aromatic ring is 1. The van der Waals surface area contributed by atoms with Gasteiger partial charge in [0.15, 0.2) is 0 Å². The van der Waals surface area contributed by atoms with Gasteiger partial charge in [-0.2, -0.15) is 0 Å². The summed E-state index contributed by atoms with van der Waals surface area (Å²) in [6, 6.07) is 3.62. The van der Waals surface area contributed by atoms with Gasteiger partial charge in [0.1, 0.15) is 5.82 Å². The number of hydrogen-bond donors (Lipinski definition) is 3. The van der Waals surface area contributed by atoms with Gasteiger partial charge in [0.05, 0.1) is 5.56 Å². The third kappa shape index (κ3) is 3.20. The zero-order chi connectivity index (χ0) is 12.1. The van der Waals surface area contributed by atoms with Crippen molar-refractivity contribution in [2.75, 3.05) is 12.3 Å². The number of nitrogens with one attached hydrogen (secondary N) is 1. The molecule has 88 valence electrons. The number of carbonyl (C=O) groups excluding carboxylic acids is 1. The number of benzene rings is 1. The largest absolute Gasteiger partial charge is 0.399 e. The first-order chi connectivity index (χ1) is 7.54. The fraction of sp³-hybridized carbons (Fsp3) is 0.364. The maximum atomic E-state index is 13.3. The van der Waals surface area contributed by atoms with Gasteiger partial charge in [0.2, 0.25) is 0 Å². The van der Waals surface area contributed by atoms with Gasteiger partial charge in [-0.25, -0.2) is 4.39 Å². The number of hydrogen-bond acceptors (Lipinski definition) is 3. The van der Waals surface area contributed by atoms with Gasteiger partial charge in [-0.3, -0.25) is 4.79 Å². The molecule has 16 heavy (non-hydrogen) atoms. The first-order valence-corrected chi connectivity index (χ1v) is 5.01. The lowest BCUT2D eigenvalue weighted by Gasteiger charge is -2.12. The van der Waals surface area contributed by atoms with Crippen LogP contribution < -0.4 is 11.1 Å². The van der Waals surface area contributed by atoms with Crippen molar-refractivity contribution >= 4 is 11.6 Å². The molecule has 0 saturated carbocycles. The molecule has 0 spiro atoms. The molecule has 0 fully saturated rings. The lowest BCUT2D eigenvalue weighted by Crippen LogP contribution is -2.33. The average molecular weight is 226 g/mol. The Bertz CT molecular complexity index is 382. The minimum atomic E-state index is -0.608. The SMILES string of the molecule is CC(CCO)NC(=O)c1cc(N)ccc1F. The summed E-state index contributed by atoms with van der Waals surface area (Å²) in [5.74, 6) is -1.13. The molecule has 1 rings (SSSR count). The smallest absolute Gasteiger partial charge is 0.254 e. The third-order valence-corrected chi connectivity index (χ3v) is 2.17. The van der Waals surface area contributed by atoms with E-state index in [0.717, 1.165) is 6.07 Å². The second kappa shape index (κ2) is 5.46. The van der Waals surface area contributed by atoms with Gasteiger partial charge in [-0.15, -0.1) is 0 Å². The summed E-state index contributed by atoms with van der Waals surface area (Å²) in [7, 11) is 0. The predicted octanol–water partition coefficient (Wildman–Crippen LogP) is 0.909. The van der Waals surface area contributed by atoms with Crippen molar-refractivity contribution < 1.29 is 14.3 Å². The minimum Gasteiger partial charge on any atom is -0.399 e. The Morgan fingerprint density at radius 3 is 2.94 bits per heavy atom. The molecule has 4 nitrogen and oxygen atoms in total. The summed E-state index contributed by atoms with van der Waals surface area (Å²) in [6.45, 7) is 1.71. The Kier molecular flexibility index (Phi) is 4.25. The highest BCUT2D eigenvalue weighted by Gasteiger charge is 2.13. The summed E-state index contributed by atoms with van der Waals surface area (Å²) in [5, 5.41) is 11.2. The van der Waals surface area contributed by atoms with E-state index >= 15 is 0 Å². The molecule has 1 amide bonds. The molecule has 1 atom stereocenters. The third-order valence-electron chi connectivity index (χ3n) is 2.17. The summed E-state index contributed by atoms with van der Waals surface area (Å²) < 4.78 is 13.3. The topological polar surface area (TPSA) is 75.3 Å². The number of aliphatic hydroxyl groups is 1. The highest BCUT2D eigenvalue weighted by atomic mass is 19.1. The van der Waals surface area contributed by atoms with E-state index in [4.69, 9.17) is 10.8 Å². The van der Waals surface area contributed by atoms with Crippen molar-refractivity contribution in [3.63, 3.8) is 0 Å². The summed E-state index contributed by atoms with van der Waals surface area (Å²) >= 11 is 0. The number of halogens is 1. The van der Waals surface area contributed by atoms with Crippen molar-refractivity contribution in [1.29, 1.82) is 0 Å². The summed E-state index contributed by atoms with van der Waals surface area (Å²) in [4.78, 5) is 11.6. The van der Waals surface area contributed by atoms with Crippen LogP contribution in [0, 0.1) is 5.82 Å². The van der Waals surface area contributed by atoms with Crippen LogP contribution in [-0.2, 0) is 0 Å². The number of anilines is 1. The Labute approximate surface area is 93.3 Å². The first-order valence-electron chi connectivity index (χ1n) is 5.01. The van der Waals surface area contributed by atoms with Crippen molar-refractivity contribution in [2.45, 2.75) is 19.4 Å². The zero-order valence-corrected chi connectivity index (χ0v) is 9.03. The standard InChI is InChI=1S/C11H15FN2O2/c1-7(4-5-15)14-11(16)9-6-8(13)2-3-10(9)12/h2-3,6-7,15H,4-5,13H2,1H3,(H,14,16). The molecule has 5 heteroatoms. The number of aliphatic hydroxyl groups excluding tert-OH is 1. The van der Waals surface area contributed by atoms with Gasteiger partial charge in [-0.1, -0.05) is 0 Å². The molecule has 0 aliphatic rings. The van der Waals surface area contributed by atoms with E-state index in [1.54, 1.807) is 6.92 Å². The van der Waals surface area contributed by atoms with E-state index in [1.807, 2.05) is 0 Å². The number of rotatable bonds is 4. The highest BCUT2D eigenvalue weighted by Crippen LogP contribution is 2.12. The lowest BCUT2D eigenvalue weighted by molar-refractivity contribution is 0.0930. The lowest BCUT2D eigenvalue weighted by atomic mass is 10.1. The quantitative estimate of drug-likeness (QED) is 0.668. The van der Waals surface area contributed by atoms with Crippen LogP contribution in [0.5, 0.6) is 0 Å². The van der Waals surface area contributed by atoms with E-state index in [2.05, 4.69) is 5.32 Å². The molecule has 1 aromatic carbocycles.